The number of hydrogen-bond donors (Lipinski definition) is 2. The number of pyridine rings is 1. The van der Waals surface area contributed by atoms with Crippen LogP contribution >= 0.6 is 11.6 Å². The van der Waals surface area contributed by atoms with Crippen LogP contribution in [0.2, 0.25) is 5.02 Å². The van der Waals surface area contributed by atoms with Crippen molar-refractivity contribution in [2.75, 3.05) is 11.9 Å². The maximum atomic E-state index is 9.20. The van der Waals surface area contributed by atoms with E-state index in [2.05, 4.69) is 16.4 Å². The van der Waals surface area contributed by atoms with Crippen LogP contribution in [0.25, 0.3) is 10.9 Å². The van der Waals surface area contributed by atoms with Gasteiger partial charge in [-0.1, -0.05) is 18.5 Å². The van der Waals surface area contributed by atoms with Gasteiger partial charge in [0.2, 0.25) is 0 Å². The third-order valence-electron chi connectivity index (χ3n) is 2.96. The number of aliphatic hydroxyl groups excluding tert-OH is 1. The highest BCUT2D eigenvalue weighted by molar-refractivity contribution is 6.31. The third kappa shape index (κ3) is 2.95. The van der Waals surface area contributed by atoms with Crippen LogP contribution in [0.1, 0.15) is 18.9 Å². The first kappa shape index (κ1) is 13.6. The van der Waals surface area contributed by atoms with Gasteiger partial charge in [0, 0.05) is 10.4 Å². The number of aliphatic hydroxyl groups is 1. The molecule has 2 rings (SSSR count). The van der Waals surface area contributed by atoms with E-state index in [0.717, 1.165) is 11.8 Å². The van der Waals surface area contributed by atoms with Crippen LogP contribution in [-0.2, 0) is 0 Å². The average Bonchev–Trinajstić information content (AvgIpc) is 2.44. The molecule has 1 aromatic carbocycles. The summed E-state index contributed by atoms with van der Waals surface area (Å²) in [5.74, 6) is 0.590. The summed E-state index contributed by atoms with van der Waals surface area (Å²) in [6.45, 7) is 2.00. The molecule has 0 saturated heterocycles. The van der Waals surface area contributed by atoms with Gasteiger partial charge in [0.15, 0.2) is 0 Å². The summed E-state index contributed by atoms with van der Waals surface area (Å²) >= 11 is 5.93. The molecule has 0 radical (unpaired) electrons. The fraction of sp³-hybridized carbons (Fsp3) is 0.286. The monoisotopic (exact) mass is 275 g/mol. The van der Waals surface area contributed by atoms with E-state index >= 15 is 0 Å². The minimum Gasteiger partial charge on any atom is -0.394 e. The first-order valence-electron chi connectivity index (χ1n) is 6.05. The number of nitrogens with zero attached hydrogens (tertiary/aromatic N) is 2. The van der Waals surface area contributed by atoms with E-state index in [0.29, 0.717) is 21.9 Å². The molecule has 2 aromatic rings. The average molecular weight is 276 g/mol. The van der Waals surface area contributed by atoms with Gasteiger partial charge < -0.3 is 10.4 Å². The van der Waals surface area contributed by atoms with Crippen LogP contribution in [0.15, 0.2) is 24.3 Å². The maximum absolute atomic E-state index is 9.20. The van der Waals surface area contributed by atoms with Crippen molar-refractivity contribution in [3.05, 3.63) is 34.9 Å². The molecule has 2 N–H and O–H groups in total. The Morgan fingerprint density at radius 3 is 2.89 bits per heavy atom. The van der Waals surface area contributed by atoms with Crippen molar-refractivity contribution in [1.29, 1.82) is 5.26 Å². The van der Waals surface area contributed by atoms with Crippen LogP contribution in [0.5, 0.6) is 0 Å². The molecule has 0 fully saturated rings. The molecular weight excluding hydrogens is 262 g/mol. The summed E-state index contributed by atoms with van der Waals surface area (Å²) < 4.78 is 0. The molecule has 0 saturated carbocycles. The molecule has 4 nitrogen and oxygen atoms in total. The Kier molecular flexibility index (Phi) is 4.20. The van der Waals surface area contributed by atoms with Gasteiger partial charge in [-0.25, -0.2) is 4.98 Å². The van der Waals surface area contributed by atoms with E-state index in [4.69, 9.17) is 11.6 Å². The highest BCUT2D eigenvalue weighted by Crippen LogP contribution is 2.24. The fourth-order valence-electron chi connectivity index (χ4n) is 1.85. The topological polar surface area (TPSA) is 68.9 Å². The third-order valence-corrected chi connectivity index (χ3v) is 3.19. The lowest BCUT2D eigenvalue weighted by molar-refractivity contribution is 0.271. The zero-order valence-corrected chi connectivity index (χ0v) is 11.3. The highest BCUT2D eigenvalue weighted by Gasteiger charge is 2.09. The predicted molar refractivity (Wildman–Crippen MR) is 76.3 cm³/mol. The molecule has 0 spiro atoms. The summed E-state index contributed by atoms with van der Waals surface area (Å²) in [7, 11) is 0. The van der Waals surface area contributed by atoms with Gasteiger partial charge in [0.1, 0.15) is 5.82 Å². The molecule has 1 aromatic heterocycles. The zero-order valence-electron chi connectivity index (χ0n) is 10.5. The Bertz CT molecular complexity index is 632. The molecule has 0 aliphatic carbocycles. The number of benzene rings is 1. The van der Waals surface area contributed by atoms with Crippen LogP contribution in [-0.4, -0.2) is 22.7 Å². The number of hydrogen-bond acceptors (Lipinski definition) is 4. The molecular formula is C14H14ClN3O. The smallest absolute Gasteiger partial charge is 0.128 e. The quantitative estimate of drug-likeness (QED) is 0.900. The Balaban J connectivity index is 2.48. The van der Waals surface area contributed by atoms with Gasteiger partial charge in [-0.15, -0.1) is 0 Å². The van der Waals surface area contributed by atoms with Gasteiger partial charge in [-0.3, -0.25) is 0 Å². The largest absolute Gasteiger partial charge is 0.394 e. The Morgan fingerprint density at radius 2 is 2.26 bits per heavy atom. The number of aromatic nitrogens is 1. The van der Waals surface area contributed by atoms with E-state index in [1.807, 2.05) is 6.92 Å². The van der Waals surface area contributed by atoms with Gasteiger partial charge in [-0.05, 0) is 30.7 Å². The van der Waals surface area contributed by atoms with E-state index in [1.165, 1.54) is 0 Å². The molecule has 0 bridgehead atoms. The van der Waals surface area contributed by atoms with E-state index in [1.54, 1.807) is 24.3 Å². The number of nitrogens with one attached hydrogen (secondary N) is 1. The van der Waals surface area contributed by atoms with Crippen molar-refractivity contribution >= 4 is 28.3 Å². The van der Waals surface area contributed by atoms with Crippen molar-refractivity contribution in [2.24, 2.45) is 0 Å². The van der Waals surface area contributed by atoms with Crippen molar-refractivity contribution in [3.8, 4) is 6.07 Å². The minimum atomic E-state index is -0.0659. The van der Waals surface area contributed by atoms with Crippen LogP contribution in [0.4, 0.5) is 5.82 Å². The lowest BCUT2D eigenvalue weighted by atomic mass is 10.1. The number of rotatable bonds is 4. The number of fused-ring (bicyclic) bond motifs is 1. The lowest BCUT2D eigenvalue weighted by Crippen LogP contribution is -2.23. The van der Waals surface area contributed by atoms with Gasteiger partial charge in [0.05, 0.1) is 29.8 Å². The molecule has 19 heavy (non-hydrogen) atoms. The van der Waals surface area contributed by atoms with Crippen LogP contribution in [0, 0.1) is 11.3 Å². The maximum Gasteiger partial charge on any atom is 0.128 e. The van der Waals surface area contributed by atoms with E-state index in [-0.39, 0.29) is 12.6 Å². The number of halogens is 1. The molecule has 98 valence electrons. The van der Waals surface area contributed by atoms with Crippen molar-refractivity contribution in [3.63, 3.8) is 0 Å². The normalized spacial score (nSPS) is 12.1. The minimum absolute atomic E-state index is 0.0265. The van der Waals surface area contributed by atoms with Crippen molar-refractivity contribution < 1.29 is 5.11 Å². The van der Waals surface area contributed by atoms with Crippen LogP contribution < -0.4 is 5.32 Å². The lowest BCUT2D eigenvalue weighted by Gasteiger charge is -2.15. The second-order valence-corrected chi connectivity index (χ2v) is 4.70. The molecule has 0 aliphatic rings. The number of anilines is 1. The van der Waals surface area contributed by atoms with Crippen molar-refractivity contribution in [1.82, 2.24) is 4.98 Å². The fourth-order valence-corrected chi connectivity index (χ4v) is 2.02. The zero-order chi connectivity index (χ0) is 13.8. The predicted octanol–water partition coefficient (Wildman–Crippen LogP) is 2.94. The SMILES string of the molecule is CC[C@@H](CO)Nc1cc(C#N)c2cc(Cl)ccc2n1. The molecule has 0 amide bonds. The highest BCUT2D eigenvalue weighted by atomic mass is 35.5. The summed E-state index contributed by atoms with van der Waals surface area (Å²) in [6.07, 6.45) is 0.777. The molecule has 0 aliphatic heterocycles. The standard InChI is InChI=1S/C14H14ClN3O/c1-2-11(8-19)17-14-5-9(7-16)12-6-10(15)3-4-13(12)18-14/h3-6,11,19H,2,8H2,1H3,(H,17,18)/t11-/m0/s1. The Morgan fingerprint density at radius 1 is 1.47 bits per heavy atom. The first-order valence-corrected chi connectivity index (χ1v) is 6.43. The van der Waals surface area contributed by atoms with Crippen LogP contribution in [0.3, 0.4) is 0 Å². The molecule has 1 heterocycles. The first-order chi connectivity index (χ1) is 9.17. The summed E-state index contributed by atoms with van der Waals surface area (Å²) in [5.41, 5.74) is 1.22. The molecule has 5 heteroatoms. The van der Waals surface area contributed by atoms with Crippen molar-refractivity contribution in [2.45, 2.75) is 19.4 Å². The summed E-state index contributed by atoms with van der Waals surface area (Å²) in [4.78, 5) is 4.43. The van der Waals surface area contributed by atoms with E-state index in [9.17, 15) is 10.4 Å². The molecule has 1 atom stereocenters. The second kappa shape index (κ2) is 5.87. The summed E-state index contributed by atoms with van der Waals surface area (Å²) in [5, 5.41) is 22.8. The molecule has 0 unspecified atom stereocenters. The Labute approximate surface area is 116 Å². The Hall–Kier alpha value is -1.83. The van der Waals surface area contributed by atoms with Gasteiger partial charge in [-0.2, -0.15) is 5.26 Å². The van der Waals surface area contributed by atoms with Gasteiger partial charge in [0.25, 0.3) is 0 Å². The number of nitriles is 1. The van der Waals surface area contributed by atoms with Gasteiger partial charge >= 0.3 is 0 Å². The second-order valence-electron chi connectivity index (χ2n) is 4.26. The van der Waals surface area contributed by atoms with E-state index < -0.39 is 0 Å². The summed E-state index contributed by atoms with van der Waals surface area (Å²) in [6, 6.07) is 9.01.